The van der Waals surface area contributed by atoms with E-state index in [9.17, 15) is 13.8 Å². The maximum absolute atomic E-state index is 11.7. The molecule has 0 bridgehead atoms. The van der Waals surface area contributed by atoms with Gasteiger partial charge in [0.15, 0.2) is 0 Å². The first-order valence-corrected chi connectivity index (χ1v) is 6.95. The monoisotopic (exact) mass is 268 g/mol. The van der Waals surface area contributed by atoms with E-state index in [0.717, 1.165) is 0 Å². The lowest BCUT2D eigenvalue weighted by Gasteiger charge is -2.08. The minimum Gasteiger partial charge on any atom is -0.463 e. The average molecular weight is 268 g/mol. The van der Waals surface area contributed by atoms with Gasteiger partial charge in [0, 0.05) is 28.4 Å². The summed E-state index contributed by atoms with van der Waals surface area (Å²) in [5, 5.41) is 0. The van der Waals surface area contributed by atoms with E-state index in [0.29, 0.717) is 16.9 Å². The molecule has 0 unspecified atom stereocenters. The Balaban J connectivity index is 2.04. The highest BCUT2D eigenvalue weighted by Gasteiger charge is 2.30. The SMILES string of the molecule is C[S@@](=O)c1ccc(C(=O)O[C@@H]2CCOC2=O)cc1. The van der Waals surface area contributed by atoms with Gasteiger partial charge in [-0.05, 0) is 24.3 Å². The van der Waals surface area contributed by atoms with Crippen molar-refractivity contribution >= 4 is 22.7 Å². The first-order chi connectivity index (χ1) is 8.58. The summed E-state index contributed by atoms with van der Waals surface area (Å²) >= 11 is 0. The fourth-order valence-electron chi connectivity index (χ4n) is 1.56. The molecule has 0 aromatic heterocycles. The molecule has 0 aliphatic carbocycles. The number of esters is 2. The number of ether oxygens (including phenoxy) is 2. The summed E-state index contributed by atoms with van der Waals surface area (Å²) in [5.74, 6) is -1.08. The number of carbonyl (C=O) groups excluding carboxylic acids is 2. The van der Waals surface area contributed by atoms with Gasteiger partial charge in [0.1, 0.15) is 0 Å². The van der Waals surface area contributed by atoms with E-state index in [1.54, 1.807) is 18.4 Å². The Kier molecular flexibility index (Phi) is 3.76. The van der Waals surface area contributed by atoms with Gasteiger partial charge in [-0.2, -0.15) is 0 Å². The van der Waals surface area contributed by atoms with Crippen LogP contribution in [-0.4, -0.2) is 35.1 Å². The van der Waals surface area contributed by atoms with Crippen molar-refractivity contribution in [1.82, 2.24) is 0 Å². The Morgan fingerprint density at radius 2 is 2.06 bits per heavy atom. The Morgan fingerprint density at radius 1 is 1.39 bits per heavy atom. The van der Waals surface area contributed by atoms with Gasteiger partial charge in [-0.3, -0.25) is 4.21 Å². The molecule has 1 aromatic carbocycles. The standard InChI is InChI=1S/C12H12O5S/c1-18(15)9-4-2-8(3-5-9)11(13)17-10-6-7-16-12(10)14/h2-5,10H,6-7H2,1H3/t10-,18-/m1/s1. The molecule has 6 heteroatoms. The third kappa shape index (κ3) is 2.76. The van der Waals surface area contributed by atoms with Crippen LogP contribution in [0.3, 0.4) is 0 Å². The molecule has 0 radical (unpaired) electrons. The number of hydrogen-bond acceptors (Lipinski definition) is 5. The van der Waals surface area contributed by atoms with Crippen molar-refractivity contribution in [2.75, 3.05) is 12.9 Å². The number of cyclic esters (lactones) is 1. The van der Waals surface area contributed by atoms with Gasteiger partial charge < -0.3 is 9.47 Å². The maximum Gasteiger partial charge on any atom is 0.347 e. The zero-order valence-corrected chi connectivity index (χ0v) is 10.6. The van der Waals surface area contributed by atoms with Gasteiger partial charge in [-0.15, -0.1) is 0 Å². The molecule has 1 aromatic rings. The van der Waals surface area contributed by atoms with Gasteiger partial charge in [-0.1, -0.05) is 0 Å². The fraction of sp³-hybridized carbons (Fsp3) is 0.333. The third-order valence-corrected chi connectivity index (χ3v) is 3.49. The maximum atomic E-state index is 11.7. The first-order valence-electron chi connectivity index (χ1n) is 5.39. The highest BCUT2D eigenvalue weighted by Crippen LogP contribution is 2.14. The second-order valence-corrected chi connectivity index (χ2v) is 5.21. The molecular weight excluding hydrogens is 256 g/mol. The van der Waals surface area contributed by atoms with E-state index < -0.39 is 28.8 Å². The van der Waals surface area contributed by atoms with E-state index in [4.69, 9.17) is 9.47 Å². The summed E-state index contributed by atoms with van der Waals surface area (Å²) in [7, 11) is -1.09. The quantitative estimate of drug-likeness (QED) is 0.762. The first kappa shape index (κ1) is 12.8. The number of rotatable bonds is 3. The average Bonchev–Trinajstić information content (AvgIpc) is 2.75. The minimum absolute atomic E-state index is 0.282. The van der Waals surface area contributed by atoms with Crippen molar-refractivity contribution < 1.29 is 23.3 Å². The van der Waals surface area contributed by atoms with Crippen molar-refractivity contribution in [1.29, 1.82) is 0 Å². The van der Waals surface area contributed by atoms with Crippen molar-refractivity contribution in [3.05, 3.63) is 29.8 Å². The van der Waals surface area contributed by atoms with Gasteiger partial charge in [0.25, 0.3) is 0 Å². The van der Waals surface area contributed by atoms with Gasteiger partial charge >= 0.3 is 11.9 Å². The van der Waals surface area contributed by atoms with Crippen LogP contribution >= 0.6 is 0 Å². The molecule has 5 nitrogen and oxygen atoms in total. The largest absolute Gasteiger partial charge is 0.463 e. The van der Waals surface area contributed by atoms with Crippen molar-refractivity contribution in [3.63, 3.8) is 0 Å². The number of benzene rings is 1. The van der Waals surface area contributed by atoms with Crippen LogP contribution in [0.2, 0.25) is 0 Å². The normalized spacial score (nSPS) is 20.3. The summed E-state index contributed by atoms with van der Waals surface area (Å²) < 4.78 is 20.9. The van der Waals surface area contributed by atoms with Crippen LogP contribution < -0.4 is 0 Å². The number of carbonyl (C=O) groups is 2. The molecule has 0 spiro atoms. The molecule has 0 N–H and O–H groups in total. The molecular formula is C12H12O5S. The molecule has 96 valence electrons. The lowest BCUT2D eigenvalue weighted by atomic mass is 10.2. The molecule has 1 aliphatic heterocycles. The molecule has 18 heavy (non-hydrogen) atoms. The van der Waals surface area contributed by atoms with E-state index in [1.165, 1.54) is 12.1 Å². The smallest absolute Gasteiger partial charge is 0.347 e. The van der Waals surface area contributed by atoms with Gasteiger partial charge in [0.05, 0.1) is 12.2 Å². The molecule has 0 saturated carbocycles. The summed E-state index contributed by atoms with van der Waals surface area (Å²) in [6.07, 6.45) is 1.14. The Hall–Kier alpha value is -1.69. The van der Waals surface area contributed by atoms with Crippen LogP contribution in [0.1, 0.15) is 16.8 Å². The molecule has 1 fully saturated rings. The lowest BCUT2D eigenvalue weighted by Crippen LogP contribution is -2.22. The van der Waals surface area contributed by atoms with Crippen molar-refractivity contribution in [3.8, 4) is 0 Å². The summed E-state index contributed by atoms with van der Waals surface area (Å²) in [4.78, 5) is 23.5. The van der Waals surface area contributed by atoms with Crippen LogP contribution in [0.4, 0.5) is 0 Å². The van der Waals surface area contributed by atoms with Crippen LogP contribution in [0.5, 0.6) is 0 Å². The second kappa shape index (κ2) is 5.30. The Morgan fingerprint density at radius 3 is 2.56 bits per heavy atom. The van der Waals surface area contributed by atoms with Crippen LogP contribution in [0.15, 0.2) is 29.2 Å². The molecule has 1 saturated heterocycles. The highest BCUT2D eigenvalue weighted by molar-refractivity contribution is 7.84. The topological polar surface area (TPSA) is 69.7 Å². The van der Waals surface area contributed by atoms with Gasteiger partial charge in [-0.25, -0.2) is 9.59 Å². The predicted octanol–water partition coefficient (Wildman–Crippen LogP) is 0.896. The lowest BCUT2D eigenvalue weighted by molar-refractivity contribution is -0.145. The molecule has 2 rings (SSSR count). The Bertz CT molecular complexity index is 494. The Labute approximate surface area is 107 Å². The van der Waals surface area contributed by atoms with Crippen molar-refractivity contribution in [2.24, 2.45) is 0 Å². The highest BCUT2D eigenvalue weighted by atomic mass is 32.2. The summed E-state index contributed by atoms with van der Waals surface area (Å²) in [5.41, 5.74) is 0.323. The van der Waals surface area contributed by atoms with Crippen LogP contribution in [0, 0.1) is 0 Å². The molecule has 2 atom stereocenters. The molecule has 1 aliphatic rings. The zero-order chi connectivity index (χ0) is 13.1. The third-order valence-electron chi connectivity index (χ3n) is 2.56. The number of hydrogen-bond donors (Lipinski definition) is 0. The fourth-order valence-corrected chi connectivity index (χ4v) is 2.08. The summed E-state index contributed by atoms with van der Waals surface area (Å²) in [6.45, 7) is 0.282. The minimum atomic E-state index is -1.09. The zero-order valence-electron chi connectivity index (χ0n) is 9.75. The van der Waals surface area contributed by atoms with E-state index >= 15 is 0 Å². The predicted molar refractivity (Wildman–Crippen MR) is 63.6 cm³/mol. The molecule has 1 heterocycles. The summed E-state index contributed by atoms with van der Waals surface area (Å²) in [6, 6.07) is 6.25. The van der Waals surface area contributed by atoms with E-state index in [2.05, 4.69) is 0 Å². The second-order valence-electron chi connectivity index (χ2n) is 3.83. The molecule has 0 amide bonds. The van der Waals surface area contributed by atoms with E-state index in [1.807, 2.05) is 0 Å². The van der Waals surface area contributed by atoms with Crippen LogP contribution in [-0.2, 0) is 25.1 Å². The van der Waals surface area contributed by atoms with Gasteiger partial charge in [0.2, 0.25) is 6.10 Å². The van der Waals surface area contributed by atoms with Crippen LogP contribution in [0.25, 0.3) is 0 Å². The van der Waals surface area contributed by atoms with E-state index in [-0.39, 0.29) is 6.61 Å². The van der Waals surface area contributed by atoms with Crippen molar-refractivity contribution in [2.45, 2.75) is 17.4 Å².